The molecular weight excluding hydrogens is 332 g/mol. The first kappa shape index (κ1) is 16.8. The average Bonchev–Trinajstić information content (AvgIpc) is 2.63. The molecule has 3 aromatic rings. The molecule has 25 heavy (non-hydrogen) atoms. The van der Waals surface area contributed by atoms with Crippen LogP contribution < -0.4 is 10.6 Å². The first-order valence-corrected chi connectivity index (χ1v) is 8.24. The van der Waals surface area contributed by atoms with Crippen LogP contribution in [0.1, 0.15) is 5.56 Å². The summed E-state index contributed by atoms with van der Waals surface area (Å²) in [5.74, 6) is -0.191. The molecule has 124 valence electrons. The van der Waals surface area contributed by atoms with Crippen molar-refractivity contribution < 1.29 is 4.79 Å². The molecule has 0 aliphatic carbocycles. The van der Waals surface area contributed by atoms with Crippen molar-refractivity contribution in [3.63, 3.8) is 0 Å². The molecule has 0 heterocycles. The summed E-state index contributed by atoms with van der Waals surface area (Å²) >= 11 is 5.92. The Labute approximate surface area is 152 Å². The molecule has 0 fully saturated rings. The fourth-order valence-corrected chi connectivity index (χ4v) is 2.49. The van der Waals surface area contributed by atoms with Crippen molar-refractivity contribution >= 4 is 40.6 Å². The summed E-state index contributed by atoms with van der Waals surface area (Å²) in [4.78, 5) is 12.0. The number of hydrogen-bond acceptors (Lipinski definition) is 2. The predicted molar refractivity (Wildman–Crippen MR) is 105 cm³/mol. The standard InChI is InChI=1S/C21H17ClN2O/c22-17-6-4-5-16(15-17)9-14-21(25)24-20-12-10-19(11-13-20)23-18-7-2-1-3-8-18/h1-15,23H,(H,24,25)/b14-9+. The van der Waals surface area contributed by atoms with Crippen molar-refractivity contribution in [2.45, 2.75) is 0 Å². The first-order valence-electron chi connectivity index (χ1n) is 7.86. The summed E-state index contributed by atoms with van der Waals surface area (Å²) in [6, 6.07) is 24.8. The fourth-order valence-electron chi connectivity index (χ4n) is 2.29. The van der Waals surface area contributed by atoms with Crippen LogP contribution in [0.2, 0.25) is 5.02 Å². The van der Waals surface area contributed by atoms with Crippen molar-refractivity contribution in [2.75, 3.05) is 10.6 Å². The Morgan fingerprint density at radius 1 is 0.800 bits per heavy atom. The third-order valence-corrected chi connectivity index (χ3v) is 3.73. The number of amides is 1. The van der Waals surface area contributed by atoms with Gasteiger partial charge in [0.1, 0.15) is 0 Å². The van der Waals surface area contributed by atoms with E-state index in [2.05, 4.69) is 10.6 Å². The molecule has 0 atom stereocenters. The topological polar surface area (TPSA) is 41.1 Å². The Hall–Kier alpha value is -3.04. The summed E-state index contributed by atoms with van der Waals surface area (Å²) < 4.78 is 0. The van der Waals surface area contributed by atoms with Gasteiger partial charge in [0.05, 0.1) is 0 Å². The summed E-state index contributed by atoms with van der Waals surface area (Å²) in [6.45, 7) is 0. The second-order valence-corrected chi connectivity index (χ2v) is 5.88. The SMILES string of the molecule is O=C(/C=C/c1cccc(Cl)c1)Nc1ccc(Nc2ccccc2)cc1. The van der Waals surface area contributed by atoms with Crippen molar-refractivity contribution in [2.24, 2.45) is 0 Å². The number of halogens is 1. The van der Waals surface area contributed by atoms with Crippen LogP contribution in [-0.4, -0.2) is 5.91 Å². The van der Waals surface area contributed by atoms with Crippen molar-refractivity contribution in [1.82, 2.24) is 0 Å². The molecule has 4 heteroatoms. The van der Waals surface area contributed by atoms with Gasteiger partial charge >= 0.3 is 0 Å². The van der Waals surface area contributed by atoms with Gasteiger partial charge in [-0.05, 0) is 60.2 Å². The van der Waals surface area contributed by atoms with E-state index in [1.807, 2.05) is 66.7 Å². The molecule has 1 amide bonds. The van der Waals surface area contributed by atoms with E-state index in [-0.39, 0.29) is 5.91 Å². The lowest BCUT2D eigenvalue weighted by Crippen LogP contribution is -2.07. The van der Waals surface area contributed by atoms with E-state index in [1.165, 1.54) is 6.08 Å². The Bertz CT molecular complexity index is 874. The second kappa shape index (κ2) is 8.18. The zero-order valence-corrected chi connectivity index (χ0v) is 14.2. The maximum absolute atomic E-state index is 12.0. The van der Waals surface area contributed by atoms with Crippen LogP contribution in [0.3, 0.4) is 0 Å². The second-order valence-electron chi connectivity index (χ2n) is 5.45. The summed E-state index contributed by atoms with van der Waals surface area (Å²) in [6.07, 6.45) is 3.22. The molecule has 0 spiro atoms. The Morgan fingerprint density at radius 2 is 1.48 bits per heavy atom. The quantitative estimate of drug-likeness (QED) is 0.577. The highest BCUT2D eigenvalue weighted by molar-refractivity contribution is 6.30. The maximum Gasteiger partial charge on any atom is 0.248 e. The van der Waals surface area contributed by atoms with Crippen LogP contribution in [0.15, 0.2) is 84.9 Å². The highest BCUT2D eigenvalue weighted by atomic mass is 35.5. The lowest BCUT2D eigenvalue weighted by molar-refractivity contribution is -0.111. The average molecular weight is 349 g/mol. The van der Waals surface area contributed by atoms with Gasteiger partial charge in [-0.25, -0.2) is 0 Å². The van der Waals surface area contributed by atoms with E-state index >= 15 is 0 Å². The number of carbonyl (C=O) groups excluding carboxylic acids is 1. The van der Waals surface area contributed by atoms with Gasteiger partial charge in [0, 0.05) is 28.2 Å². The van der Waals surface area contributed by atoms with E-state index in [4.69, 9.17) is 11.6 Å². The van der Waals surface area contributed by atoms with E-state index in [0.717, 1.165) is 22.6 Å². The molecule has 3 nitrogen and oxygen atoms in total. The minimum absolute atomic E-state index is 0.191. The number of nitrogens with one attached hydrogen (secondary N) is 2. The molecule has 3 rings (SSSR count). The molecule has 0 aromatic heterocycles. The van der Waals surface area contributed by atoms with Crippen molar-refractivity contribution in [3.8, 4) is 0 Å². The fraction of sp³-hybridized carbons (Fsp3) is 0. The van der Waals surface area contributed by atoms with Gasteiger partial charge in [0.15, 0.2) is 0 Å². The van der Waals surface area contributed by atoms with Gasteiger partial charge in [0.2, 0.25) is 5.91 Å². The van der Waals surface area contributed by atoms with Gasteiger partial charge in [-0.1, -0.05) is 41.9 Å². The van der Waals surface area contributed by atoms with Gasteiger partial charge in [-0.3, -0.25) is 4.79 Å². The number of benzene rings is 3. The van der Waals surface area contributed by atoms with Crippen molar-refractivity contribution in [3.05, 3.63) is 95.5 Å². The molecule has 0 aliphatic heterocycles. The van der Waals surface area contributed by atoms with Crippen LogP contribution in [0.25, 0.3) is 6.08 Å². The zero-order chi connectivity index (χ0) is 17.5. The molecule has 0 aliphatic rings. The Morgan fingerprint density at radius 3 is 2.20 bits per heavy atom. The zero-order valence-electron chi connectivity index (χ0n) is 13.4. The van der Waals surface area contributed by atoms with E-state index < -0.39 is 0 Å². The molecule has 0 bridgehead atoms. The number of hydrogen-bond donors (Lipinski definition) is 2. The summed E-state index contributed by atoms with van der Waals surface area (Å²) in [7, 11) is 0. The molecule has 0 saturated heterocycles. The van der Waals surface area contributed by atoms with Crippen LogP contribution in [0.4, 0.5) is 17.1 Å². The third-order valence-electron chi connectivity index (χ3n) is 3.49. The number of anilines is 3. The maximum atomic E-state index is 12.0. The molecule has 0 unspecified atom stereocenters. The van der Waals surface area contributed by atoms with Crippen LogP contribution in [0.5, 0.6) is 0 Å². The van der Waals surface area contributed by atoms with Gasteiger partial charge < -0.3 is 10.6 Å². The van der Waals surface area contributed by atoms with Crippen LogP contribution >= 0.6 is 11.6 Å². The molecule has 2 N–H and O–H groups in total. The van der Waals surface area contributed by atoms with Crippen molar-refractivity contribution in [1.29, 1.82) is 0 Å². The normalized spacial score (nSPS) is 10.6. The van der Waals surface area contributed by atoms with E-state index in [0.29, 0.717) is 5.02 Å². The third kappa shape index (κ3) is 5.23. The minimum atomic E-state index is -0.191. The largest absolute Gasteiger partial charge is 0.356 e. The first-order chi connectivity index (χ1) is 12.2. The highest BCUT2D eigenvalue weighted by Gasteiger charge is 1.99. The van der Waals surface area contributed by atoms with Crippen LogP contribution in [0, 0.1) is 0 Å². The van der Waals surface area contributed by atoms with E-state index in [1.54, 1.807) is 18.2 Å². The predicted octanol–water partition coefficient (Wildman–Crippen LogP) is 5.74. The summed E-state index contributed by atoms with van der Waals surface area (Å²) in [5.41, 5.74) is 3.59. The van der Waals surface area contributed by atoms with Gasteiger partial charge in [0.25, 0.3) is 0 Å². The Balaban J connectivity index is 1.58. The van der Waals surface area contributed by atoms with Gasteiger partial charge in [-0.2, -0.15) is 0 Å². The molecule has 3 aromatic carbocycles. The lowest BCUT2D eigenvalue weighted by Gasteiger charge is -2.07. The Kier molecular flexibility index (Phi) is 5.50. The number of carbonyl (C=O) groups is 1. The number of rotatable bonds is 5. The number of para-hydroxylation sites is 1. The molecule has 0 saturated carbocycles. The minimum Gasteiger partial charge on any atom is -0.356 e. The van der Waals surface area contributed by atoms with Gasteiger partial charge in [-0.15, -0.1) is 0 Å². The highest BCUT2D eigenvalue weighted by Crippen LogP contribution is 2.18. The van der Waals surface area contributed by atoms with Crippen LogP contribution in [-0.2, 0) is 4.79 Å². The molecule has 0 radical (unpaired) electrons. The lowest BCUT2D eigenvalue weighted by atomic mass is 10.2. The summed E-state index contributed by atoms with van der Waals surface area (Å²) in [5, 5.41) is 6.77. The monoisotopic (exact) mass is 348 g/mol. The smallest absolute Gasteiger partial charge is 0.248 e. The molecular formula is C21H17ClN2O. The van der Waals surface area contributed by atoms with E-state index in [9.17, 15) is 4.79 Å².